The molecule has 0 aliphatic carbocycles. The van der Waals surface area contributed by atoms with Crippen LogP contribution in [-0.2, 0) is 21.2 Å². The number of hydrogen-bond donors (Lipinski definition) is 2. The second-order valence-corrected chi connectivity index (χ2v) is 7.02. The zero-order valence-electron chi connectivity index (χ0n) is 12.0. The van der Waals surface area contributed by atoms with Crippen LogP contribution >= 0.6 is 0 Å². The molecule has 1 aromatic carbocycles. The summed E-state index contributed by atoms with van der Waals surface area (Å²) in [5, 5.41) is 6.00. The van der Waals surface area contributed by atoms with Gasteiger partial charge in [0.1, 0.15) is 9.84 Å². The average Bonchev–Trinajstić information content (AvgIpc) is 2.35. The van der Waals surface area contributed by atoms with Crippen LogP contribution in [0.25, 0.3) is 0 Å². The Hall–Kier alpha value is -1.40. The molecule has 5 nitrogen and oxygen atoms in total. The molecule has 1 amide bonds. The van der Waals surface area contributed by atoms with Crippen molar-refractivity contribution in [3.05, 3.63) is 29.8 Å². The summed E-state index contributed by atoms with van der Waals surface area (Å²) in [6.07, 6.45) is 1.74. The normalized spacial score (nSPS) is 11.3. The second-order valence-electron chi connectivity index (χ2n) is 4.76. The predicted molar refractivity (Wildman–Crippen MR) is 81.4 cm³/mol. The summed E-state index contributed by atoms with van der Waals surface area (Å²) in [6.45, 7) is 3.68. The molecule has 0 bridgehead atoms. The lowest BCUT2D eigenvalue weighted by molar-refractivity contribution is -0.116. The number of amides is 1. The number of nitrogens with one attached hydrogen (secondary N) is 2. The van der Waals surface area contributed by atoms with Crippen LogP contribution in [-0.4, -0.2) is 32.9 Å². The molecule has 0 aliphatic heterocycles. The monoisotopic (exact) mass is 298 g/mol. The molecular formula is C14H22N2O3S. The summed E-state index contributed by atoms with van der Waals surface area (Å²) in [4.78, 5) is 11.7. The topological polar surface area (TPSA) is 75.3 Å². The molecule has 0 aromatic heterocycles. The molecule has 0 fully saturated rings. The van der Waals surface area contributed by atoms with E-state index < -0.39 is 9.84 Å². The predicted octanol–water partition coefficient (Wildman–Crippen LogP) is 1.56. The smallest absolute Gasteiger partial charge is 0.224 e. The Morgan fingerprint density at radius 3 is 2.70 bits per heavy atom. The van der Waals surface area contributed by atoms with Crippen molar-refractivity contribution in [3.8, 4) is 0 Å². The molecule has 1 rings (SSSR count). The Labute approximate surface area is 120 Å². The van der Waals surface area contributed by atoms with Crippen molar-refractivity contribution in [1.82, 2.24) is 5.32 Å². The highest BCUT2D eigenvalue weighted by Gasteiger charge is 2.06. The van der Waals surface area contributed by atoms with Gasteiger partial charge < -0.3 is 10.6 Å². The van der Waals surface area contributed by atoms with E-state index in [1.54, 1.807) is 0 Å². The van der Waals surface area contributed by atoms with Crippen LogP contribution in [0.4, 0.5) is 5.69 Å². The molecular weight excluding hydrogens is 276 g/mol. The third-order valence-corrected chi connectivity index (χ3v) is 3.74. The number of benzene rings is 1. The highest BCUT2D eigenvalue weighted by atomic mass is 32.2. The van der Waals surface area contributed by atoms with Gasteiger partial charge in [0, 0.05) is 24.9 Å². The van der Waals surface area contributed by atoms with Crippen molar-refractivity contribution >= 4 is 21.4 Å². The molecule has 0 radical (unpaired) electrons. The lowest BCUT2D eigenvalue weighted by Gasteiger charge is -2.07. The Morgan fingerprint density at radius 1 is 1.30 bits per heavy atom. The first kappa shape index (κ1) is 16.7. The Kier molecular flexibility index (Phi) is 6.67. The molecule has 0 saturated heterocycles. The Morgan fingerprint density at radius 2 is 2.05 bits per heavy atom. The zero-order valence-corrected chi connectivity index (χ0v) is 12.8. The van der Waals surface area contributed by atoms with E-state index in [1.165, 1.54) is 6.26 Å². The minimum Gasteiger partial charge on any atom is -0.326 e. The van der Waals surface area contributed by atoms with Crippen LogP contribution in [0.5, 0.6) is 0 Å². The maximum absolute atomic E-state index is 11.7. The molecule has 2 N–H and O–H groups in total. The lowest BCUT2D eigenvalue weighted by atomic mass is 10.2. The molecule has 0 aliphatic rings. The maximum atomic E-state index is 11.7. The van der Waals surface area contributed by atoms with Crippen LogP contribution in [0.3, 0.4) is 0 Å². The molecule has 112 valence electrons. The van der Waals surface area contributed by atoms with Crippen molar-refractivity contribution in [2.45, 2.75) is 26.3 Å². The first-order chi connectivity index (χ1) is 9.40. The number of carbonyl (C=O) groups excluding carboxylic acids is 1. The van der Waals surface area contributed by atoms with Gasteiger partial charge in [-0.15, -0.1) is 0 Å². The quantitative estimate of drug-likeness (QED) is 0.764. The minimum atomic E-state index is -3.00. The number of anilines is 1. The molecule has 20 heavy (non-hydrogen) atoms. The Bertz CT molecular complexity index is 541. The van der Waals surface area contributed by atoms with Gasteiger partial charge in [-0.25, -0.2) is 8.42 Å². The molecule has 6 heteroatoms. The molecule has 0 saturated carbocycles. The number of carbonyl (C=O) groups is 1. The van der Waals surface area contributed by atoms with Gasteiger partial charge in [0.05, 0.1) is 5.75 Å². The van der Waals surface area contributed by atoms with Crippen molar-refractivity contribution in [2.75, 3.05) is 23.9 Å². The van der Waals surface area contributed by atoms with Gasteiger partial charge in [-0.1, -0.05) is 19.1 Å². The van der Waals surface area contributed by atoms with E-state index in [0.717, 1.165) is 24.3 Å². The summed E-state index contributed by atoms with van der Waals surface area (Å²) in [5.74, 6) is -0.116. The molecule has 0 atom stereocenters. The van der Waals surface area contributed by atoms with Crippen LogP contribution < -0.4 is 10.6 Å². The molecule has 1 aromatic rings. The van der Waals surface area contributed by atoms with Gasteiger partial charge in [0.15, 0.2) is 0 Å². The summed E-state index contributed by atoms with van der Waals surface area (Å²) in [5.41, 5.74) is 1.84. The van der Waals surface area contributed by atoms with Gasteiger partial charge >= 0.3 is 0 Å². The maximum Gasteiger partial charge on any atom is 0.224 e. The highest BCUT2D eigenvalue weighted by molar-refractivity contribution is 7.90. The van der Waals surface area contributed by atoms with Gasteiger partial charge in [0.25, 0.3) is 0 Å². The third kappa shape index (κ3) is 7.25. The largest absolute Gasteiger partial charge is 0.326 e. The third-order valence-electron chi connectivity index (χ3n) is 2.71. The standard InChI is InChI=1S/C14H22N2O3S/c1-3-15-11-12-6-4-7-13(10-12)16-14(17)8-5-9-20(2,18)19/h4,6-7,10,15H,3,5,8-9,11H2,1-2H3,(H,16,17). The van der Waals surface area contributed by atoms with Crippen molar-refractivity contribution < 1.29 is 13.2 Å². The number of hydrogen-bond acceptors (Lipinski definition) is 4. The fourth-order valence-corrected chi connectivity index (χ4v) is 2.42. The second kappa shape index (κ2) is 8.01. The van der Waals surface area contributed by atoms with Gasteiger partial charge in [-0.2, -0.15) is 0 Å². The van der Waals surface area contributed by atoms with Crippen LogP contribution in [0.15, 0.2) is 24.3 Å². The van der Waals surface area contributed by atoms with E-state index in [2.05, 4.69) is 10.6 Å². The van der Waals surface area contributed by atoms with E-state index in [-0.39, 0.29) is 18.1 Å². The zero-order chi connectivity index (χ0) is 15.0. The first-order valence-corrected chi connectivity index (χ1v) is 8.74. The van der Waals surface area contributed by atoms with Crippen molar-refractivity contribution in [2.24, 2.45) is 0 Å². The summed E-state index contributed by atoms with van der Waals surface area (Å²) in [6, 6.07) is 7.61. The van der Waals surface area contributed by atoms with E-state index in [0.29, 0.717) is 6.42 Å². The van der Waals surface area contributed by atoms with Crippen LogP contribution in [0, 0.1) is 0 Å². The van der Waals surface area contributed by atoms with E-state index in [4.69, 9.17) is 0 Å². The average molecular weight is 298 g/mol. The van der Waals surface area contributed by atoms with E-state index in [1.807, 2.05) is 31.2 Å². The van der Waals surface area contributed by atoms with Crippen molar-refractivity contribution in [1.29, 1.82) is 0 Å². The lowest BCUT2D eigenvalue weighted by Crippen LogP contribution is -2.15. The van der Waals surface area contributed by atoms with Crippen LogP contribution in [0.1, 0.15) is 25.3 Å². The number of rotatable bonds is 8. The summed E-state index contributed by atoms with van der Waals surface area (Å²) >= 11 is 0. The fraction of sp³-hybridized carbons (Fsp3) is 0.500. The fourth-order valence-electron chi connectivity index (χ4n) is 1.75. The Balaban J connectivity index is 2.45. The molecule has 0 spiro atoms. The minimum absolute atomic E-state index is 0.0425. The number of sulfone groups is 1. The SMILES string of the molecule is CCNCc1cccc(NC(=O)CCCS(C)(=O)=O)c1. The van der Waals surface area contributed by atoms with Gasteiger partial charge in [0.2, 0.25) is 5.91 Å². The first-order valence-electron chi connectivity index (χ1n) is 6.68. The van der Waals surface area contributed by atoms with Crippen LogP contribution in [0.2, 0.25) is 0 Å². The van der Waals surface area contributed by atoms with Gasteiger partial charge in [-0.3, -0.25) is 4.79 Å². The highest BCUT2D eigenvalue weighted by Crippen LogP contribution is 2.11. The molecule has 0 unspecified atom stereocenters. The summed E-state index contributed by atoms with van der Waals surface area (Å²) < 4.78 is 22.0. The van der Waals surface area contributed by atoms with E-state index >= 15 is 0 Å². The summed E-state index contributed by atoms with van der Waals surface area (Å²) in [7, 11) is -3.00. The molecule has 0 heterocycles. The van der Waals surface area contributed by atoms with E-state index in [9.17, 15) is 13.2 Å². The van der Waals surface area contributed by atoms with Gasteiger partial charge in [-0.05, 0) is 30.7 Å². The van der Waals surface area contributed by atoms with Crippen molar-refractivity contribution in [3.63, 3.8) is 0 Å².